The number of nitrogens with one attached hydrogen (secondary N) is 3. The summed E-state index contributed by atoms with van der Waals surface area (Å²) in [6, 6.07) is 15.0. The molecule has 3 aromatic heterocycles. The molecule has 10 heteroatoms. The van der Waals surface area contributed by atoms with Crippen LogP contribution in [0.2, 0.25) is 0 Å². The molecule has 0 aliphatic heterocycles. The van der Waals surface area contributed by atoms with Crippen LogP contribution in [0.3, 0.4) is 0 Å². The number of halogens is 3. The van der Waals surface area contributed by atoms with Gasteiger partial charge < -0.3 is 15.6 Å². The first-order valence-corrected chi connectivity index (χ1v) is 10.9. The summed E-state index contributed by atoms with van der Waals surface area (Å²) in [6.45, 7) is 1.85. The van der Waals surface area contributed by atoms with Crippen molar-refractivity contribution in [2.75, 3.05) is 10.6 Å². The number of rotatable bonds is 5. The molecule has 0 saturated carbocycles. The Bertz CT molecular complexity index is 1560. The molecular formula is C26H19F3N6O. The van der Waals surface area contributed by atoms with Gasteiger partial charge in [0.25, 0.3) is 5.91 Å². The number of nitrogens with zero attached hydrogens (tertiary/aromatic N) is 3. The lowest BCUT2D eigenvalue weighted by Crippen LogP contribution is -2.13. The van der Waals surface area contributed by atoms with Gasteiger partial charge in [0.05, 0.1) is 16.6 Å². The average molecular weight is 488 g/mol. The van der Waals surface area contributed by atoms with Crippen molar-refractivity contribution in [3.8, 4) is 11.3 Å². The summed E-state index contributed by atoms with van der Waals surface area (Å²) in [5.41, 5.74) is 3.81. The van der Waals surface area contributed by atoms with Crippen LogP contribution in [0.4, 0.5) is 30.5 Å². The molecule has 0 fully saturated rings. The van der Waals surface area contributed by atoms with Gasteiger partial charge in [0, 0.05) is 41.1 Å². The number of amides is 1. The molecule has 180 valence electrons. The van der Waals surface area contributed by atoms with Crippen LogP contribution in [0, 0.1) is 6.92 Å². The molecule has 3 N–H and O–H groups in total. The Kier molecular flexibility index (Phi) is 5.85. The van der Waals surface area contributed by atoms with E-state index in [1.807, 2.05) is 25.1 Å². The Morgan fingerprint density at radius 3 is 2.64 bits per heavy atom. The standard InChI is InChI=1S/C26H19F3N6O/c1-15-7-8-16(24(36)32-19-6-2-5-18(13-19)26(27,28)29)12-21(15)34-25-33-20-9-11-31-23(20)22(35-25)17-4-3-10-30-14-17/h2-14,31H,1H3,(H,32,36)(H,33,34,35). The molecule has 0 bridgehead atoms. The number of aromatic amines is 1. The molecule has 0 spiro atoms. The summed E-state index contributed by atoms with van der Waals surface area (Å²) in [5, 5.41) is 5.69. The van der Waals surface area contributed by atoms with Crippen LogP contribution in [0.25, 0.3) is 22.3 Å². The fourth-order valence-corrected chi connectivity index (χ4v) is 3.71. The van der Waals surface area contributed by atoms with Gasteiger partial charge in [-0.15, -0.1) is 0 Å². The number of hydrogen-bond donors (Lipinski definition) is 3. The van der Waals surface area contributed by atoms with Crippen molar-refractivity contribution in [1.82, 2.24) is 19.9 Å². The topological polar surface area (TPSA) is 95.6 Å². The number of aryl methyl sites for hydroxylation is 1. The Morgan fingerprint density at radius 1 is 1.00 bits per heavy atom. The van der Waals surface area contributed by atoms with E-state index in [1.165, 1.54) is 12.1 Å². The van der Waals surface area contributed by atoms with Gasteiger partial charge in [-0.05, 0) is 61.0 Å². The maximum absolute atomic E-state index is 13.0. The van der Waals surface area contributed by atoms with Gasteiger partial charge in [0.2, 0.25) is 5.95 Å². The van der Waals surface area contributed by atoms with Crippen LogP contribution in [-0.4, -0.2) is 25.8 Å². The first kappa shape index (κ1) is 23.0. The van der Waals surface area contributed by atoms with Gasteiger partial charge >= 0.3 is 6.18 Å². The molecule has 0 radical (unpaired) electrons. The van der Waals surface area contributed by atoms with E-state index in [9.17, 15) is 18.0 Å². The molecule has 7 nitrogen and oxygen atoms in total. The smallest absolute Gasteiger partial charge is 0.358 e. The minimum Gasteiger partial charge on any atom is -0.358 e. The van der Waals surface area contributed by atoms with Crippen molar-refractivity contribution in [3.05, 3.63) is 95.9 Å². The number of fused-ring (bicyclic) bond motifs is 1. The normalized spacial score (nSPS) is 11.4. The highest BCUT2D eigenvalue weighted by Gasteiger charge is 2.30. The zero-order valence-corrected chi connectivity index (χ0v) is 18.9. The molecule has 2 aromatic carbocycles. The highest BCUT2D eigenvalue weighted by Crippen LogP contribution is 2.31. The number of pyridine rings is 1. The number of benzene rings is 2. The quantitative estimate of drug-likeness (QED) is 0.268. The van der Waals surface area contributed by atoms with Crippen LogP contribution >= 0.6 is 0 Å². The molecule has 0 aliphatic rings. The second kappa shape index (κ2) is 9.14. The highest BCUT2D eigenvalue weighted by atomic mass is 19.4. The minimum atomic E-state index is -4.50. The van der Waals surface area contributed by atoms with Gasteiger partial charge in [0.1, 0.15) is 5.69 Å². The number of carbonyl (C=O) groups excluding carboxylic acids is 1. The highest BCUT2D eigenvalue weighted by molar-refractivity contribution is 6.05. The van der Waals surface area contributed by atoms with Crippen LogP contribution in [0.5, 0.6) is 0 Å². The van der Waals surface area contributed by atoms with Crippen molar-refractivity contribution >= 4 is 34.3 Å². The zero-order chi connectivity index (χ0) is 25.3. The van der Waals surface area contributed by atoms with E-state index in [2.05, 4.69) is 30.6 Å². The number of aromatic nitrogens is 4. The third-order valence-electron chi connectivity index (χ3n) is 5.53. The molecule has 3 heterocycles. The fraction of sp³-hybridized carbons (Fsp3) is 0.0769. The molecule has 1 amide bonds. The molecular weight excluding hydrogens is 469 g/mol. The number of alkyl halides is 3. The van der Waals surface area contributed by atoms with Crippen LogP contribution in [0.1, 0.15) is 21.5 Å². The van der Waals surface area contributed by atoms with Gasteiger partial charge in [-0.2, -0.15) is 13.2 Å². The van der Waals surface area contributed by atoms with E-state index in [0.717, 1.165) is 28.8 Å². The zero-order valence-electron chi connectivity index (χ0n) is 18.9. The summed E-state index contributed by atoms with van der Waals surface area (Å²) in [7, 11) is 0. The van der Waals surface area contributed by atoms with Gasteiger partial charge in [0.15, 0.2) is 0 Å². The monoisotopic (exact) mass is 488 g/mol. The maximum atomic E-state index is 13.0. The second-order valence-corrected chi connectivity index (χ2v) is 8.06. The first-order chi connectivity index (χ1) is 17.3. The number of anilines is 3. The largest absolute Gasteiger partial charge is 0.416 e. The first-order valence-electron chi connectivity index (χ1n) is 10.9. The lowest BCUT2D eigenvalue weighted by Gasteiger charge is -2.13. The van der Waals surface area contributed by atoms with Gasteiger partial charge in [-0.25, -0.2) is 9.97 Å². The summed E-state index contributed by atoms with van der Waals surface area (Å²) in [5.74, 6) is -0.227. The van der Waals surface area contributed by atoms with Crippen molar-refractivity contribution in [3.63, 3.8) is 0 Å². The molecule has 0 aliphatic carbocycles. The van der Waals surface area contributed by atoms with E-state index in [-0.39, 0.29) is 11.3 Å². The van der Waals surface area contributed by atoms with Gasteiger partial charge in [-0.3, -0.25) is 9.78 Å². The second-order valence-electron chi connectivity index (χ2n) is 8.06. The van der Waals surface area contributed by atoms with Crippen molar-refractivity contribution in [2.45, 2.75) is 13.1 Å². The lowest BCUT2D eigenvalue weighted by atomic mass is 10.1. The van der Waals surface area contributed by atoms with E-state index >= 15 is 0 Å². The molecule has 36 heavy (non-hydrogen) atoms. The van der Waals surface area contributed by atoms with E-state index in [1.54, 1.807) is 36.8 Å². The minimum absolute atomic E-state index is 0.0484. The van der Waals surface area contributed by atoms with Crippen molar-refractivity contribution < 1.29 is 18.0 Å². The third kappa shape index (κ3) is 4.74. The Morgan fingerprint density at radius 2 is 1.86 bits per heavy atom. The van der Waals surface area contributed by atoms with E-state index in [4.69, 9.17) is 0 Å². The number of carbonyl (C=O) groups is 1. The Hall–Kier alpha value is -4.73. The van der Waals surface area contributed by atoms with Crippen LogP contribution in [-0.2, 0) is 6.18 Å². The maximum Gasteiger partial charge on any atom is 0.416 e. The summed E-state index contributed by atoms with van der Waals surface area (Å²) in [4.78, 5) is 29.3. The third-order valence-corrected chi connectivity index (χ3v) is 5.53. The predicted octanol–water partition coefficient (Wildman–Crippen LogP) is 6.34. The number of hydrogen-bond acceptors (Lipinski definition) is 5. The Labute approximate surface area is 203 Å². The number of H-pyrrole nitrogens is 1. The van der Waals surface area contributed by atoms with Crippen LogP contribution < -0.4 is 10.6 Å². The average Bonchev–Trinajstić information content (AvgIpc) is 3.34. The fourth-order valence-electron chi connectivity index (χ4n) is 3.71. The van der Waals surface area contributed by atoms with Crippen molar-refractivity contribution in [1.29, 1.82) is 0 Å². The van der Waals surface area contributed by atoms with Crippen LogP contribution in [0.15, 0.2) is 79.3 Å². The molecule has 0 unspecified atom stereocenters. The van der Waals surface area contributed by atoms with E-state index < -0.39 is 17.6 Å². The summed E-state index contributed by atoms with van der Waals surface area (Å²) in [6.07, 6.45) is 0.648. The van der Waals surface area contributed by atoms with Crippen molar-refractivity contribution in [2.24, 2.45) is 0 Å². The molecule has 5 aromatic rings. The summed E-state index contributed by atoms with van der Waals surface area (Å²) < 4.78 is 39.0. The lowest BCUT2D eigenvalue weighted by molar-refractivity contribution is -0.137. The molecule has 5 rings (SSSR count). The predicted molar refractivity (Wildman–Crippen MR) is 131 cm³/mol. The Balaban J connectivity index is 1.43. The SMILES string of the molecule is Cc1ccc(C(=O)Nc2cccc(C(F)(F)F)c2)cc1Nc1nc(-c2cccnc2)c2[nH]ccc2n1. The summed E-state index contributed by atoms with van der Waals surface area (Å²) >= 11 is 0. The molecule has 0 saturated heterocycles. The molecule has 0 atom stereocenters. The van der Waals surface area contributed by atoms with Gasteiger partial charge in [-0.1, -0.05) is 12.1 Å². The van der Waals surface area contributed by atoms with E-state index in [0.29, 0.717) is 22.8 Å².